The standard InChI is InChI=1S/C25H24ClN3O4S/c26-18-6-9-23(20(14-18)25(31)17-4-2-1-3-5-17)33-16-24(30)28-22-8-7-19(15-21(22)27)29-10-12-34(32)13-11-29/h1-9,14-15H,10-13,16,27H2,(H,28,30). The number of nitrogen functional groups attached to an aromatic ring is 1. The Labute approximate surface area is 205 Å². The van der Waals surface area contributed by atoms with Gasteiger partial charge in [-0.05, 0) is 36.4 Å². The maximum atomic E-state index is 12.9. The van der Waals surface area contributed by atoms with Gasteiger partial charge in [-0.2, -0.15) is 0 Å². The third kappa shape index (κ3) is 5.76. The third-order valence-electron chi connectivity index (χ3n) is 5.43. The number of carbonyl (C=O) groups is 2. The van der Waals surface area contributed by atoms with Crippen LogP contribution in [0.3, 0.4) is 0 Å². The van der Waals surface area contributed by atoms with Crippen molar-refractivity contribution in [3.8, 4) is 5.75 Å². The number of benzene rings is 3. The van der Waals surface area contributed by atoms with Gasteiger partial charge >= 0.3 is 0 Å². The smallest absolute Gasteiger partial charge is 0.262 e. The zero-order chi connectivity index (χ0) is 24.1. The predicted octanol–water partition coefficient (Wildman–Crippen LogP) is 3.74. The quantitative estimate of drug-likeness (QED) is 0.381. The summed E-state index contributed by atoms with van der Waals surface area (Å²) in [7, 11) is -0.760. The number of amides is 1. The number of ketones is 1. The van der Waals surface area contributed by atoms with E-state index in [1.807, 2.05) is 12.1 Å². The number of carbonyl (C=O) groups excluding carboxylic acids is 2. The molecule has 7 nitrogen and oxygen atoms in total. The number of anilines is 3. The molecule has 4 rings (SSSR count). The molecule has 0 aromatic heterocycles. The molecule has 0 atom stereocenters. The minimum Gasteiger partial charge on any atom is -0.483 e. The second-order valence-corrected chi connectivity index (χ2v) is 9.91. The highest BCUT2D eigenvalue weighted by Crippen LogP contribution is 2.28. The van der Waals surface area contributed by atoms with Crippen molar-refractivity contribution in [2.75, 3.05) is 47.2 Å². The van der Waals surface area contributed by atoms with Gasteiger partial charge in [0.25, 0.3) is 5.91 Å². The number of hydrogen-bond acceptors (Lipinski definition) is 6. The second-order valence-electron chi connectivity index (χ2n) is 7.78. The van der Waals surface area contributed by atoms with Crippen molar-refractivity contribution in [1.29, 1.82) is 0 Å². The molecule has 176 valence electrons. The SMILES string of the molecule is Nc1cc(N2CCS(=O)CC2)ccc1NC(=O)COc1ccc(Cl)cc1C(=O)c1ccccc1. The molecule has 0 bridgehead atoms. The molecule has 1 aliphatic rings. The summed E-state index contributed by atoms with van der Waals surface area (Å²) in [5.74, 6) is 0.865. The van der Waals surface area contributed by atoms with Crippen molar-refractivity contribution in [2.24, 2.45) is 0 Å². The number of halogens is 1. The first-order chi connectivity index (χ1) is 16.4. The van der Waals surface area contributed by atoms with E-state index in [1.54, 1.807) is 48.5 Å². The van der Waals surface area contributed by atoms with Crippen molar-refractivity contribution in [3.05, 3.63) is 82.9 Å². The van der Waals surface area contributed by atoms with Crippen molar-refractivity contribution in [2.45, 2.75) is 0 Å². The number of nitrogens with zero attached hydrogens (tertiary/aromatic N) is 1. The number of hydrogen-bond donors (Lipinski definition) is 2. The highest BCUT2D eigenvalue weighted by molar-refractivity contribution is 7.85. The molecular weight excluding hydrogens is 474 g/mol. The molecule has 1 aliphatic heterocycles. The van der Waals surface area contributed by atoms with Gasteiger partial charge in [-0.15, -0.1) is 0 Å². The Balaban J connectivity index is 1.41. The second kappa shape index (κ2) is 10.7. The van der Waals surface area contributed by atoms with Gasteiger partial charge in [0.05, 0.1) is 16.9 Å². The van der Waals surface area contributed by atoms with Crippen molar-refractivity contribution >= 4 is 51.2 Å². The summed E-state index contributed by atoms with van der Waals surface area (Å²) in [6.45, 7) is 1.10. The Morgan fingerprint density at radius 3 is 2.47 bits per heavy atom. The first kappa shape index (κ1) is 23.8. The first-order valence-electron chi connectivity index (χ1n) is 10.7. The Kier molecular flexibility index (Phi) is 7.49. The fourth-order valence-corrected chi connectivity index (χ4v) is 4.86. The van der Waals surface area contributed by atoms with Crippen LogP contribution in [0.2, 0.25) is 5.02 Å². The molecule has 1 fully saturated rings. The molecular formula is C25H24ClN3O4S. The van der Waals surface area contributed by atoms with E-state index in [2.05, 4.69) is 10.2 Å². The Morgan fingerprint density at radius 2 is 1.76 bits per heavy atom. The zero-order valence-corrected chi connectivity index (χ0v) is 19.9. The van der Waals surface area contributed by atoms with Crippen LogP contribution < -0.4 is 20.7 Å². The van der Waals surface area contributed by atoms with E-state index < -0.39 is 16.7 Å². The van der Waals surface area contributed by atoms with Gasteiger partial charge in [0.1, 0.15) is 5.75 Å². The number of nitrogens with one attached hydrogen (secondary N) is 1. The zero-order valence-electron chi connectivity index (χ0n) is 18.3. The number of rotatable bonds is 7. The minimum absolute atomic E-state index is 0.250. The lowest BCUT2D eigenvalue weighted by atomic mass is 10.0. The van der Waals surface area contributed by atoms with Crippen LogP contribution in [0.1, 0.15) is 15.9 Å². The van der Waals surface area contributed by atoms with Gasteiger partial charge in [-0.1, -0.05) is 41.9 Å². The first-order valence-corrected chi connectivity index (χ1v) is 12.6. The molecule has 34 heavy (non-hydrogen) atoms. The highest BCUT2D eigenvalue weighted by Gasteiger charge is 2.18. The molecule has 3 aromatic carbocycles. The van der Waals surface area contributed by atoms with E-state index in [9.17, 15) is 13.8 Å². The van der Waals surface area contributed by atoms with E-state index in [1.165, 1.54) is 6.07 Å². The fourth-order valence-electron chi connectivity index (χ4n) is 3.64. The predicted molar refractivity (Wildman–Crippen MR) is 136 cm³/mol. The summed E-state index contributed by atoms with van der Waals surface area (Å²) >= 11 is 6.09. The summed E-state index contributed by atoms with van der Waals surface area (Å²) in [6.07, 6.45) is 0. The van der Waals surface area contributed by atoms with E-state index in [-0.39, 0.29) is 23.7 Å². The molecule has 1 amide bonds. The highest BCUT2D eigenvalue weighted by atomic mass is 35.5. The summed E-state index contributed by atoms with van der Waals surface area (Å²) in [4.78, 5) is 27.6. The van der Waals surface area contributed by atoms with Gasteiger partial charge < -0.3 is 20.7 Å². The average molecular weight is 498 g/mol. The number of nitrogens with two attached hydrogens (primary N) is 1. The normalized spacial score (nSPS) is 14.0. The topological polar surface area (TPSA) is 102 Å². The molecule has 1 heterocycles. The molecule has 1 saturated heterocycles. The largest absolute Gasteiger partial charge is 0.483 e. The van der Waals surface area contributed by atoms with Gasteiger partial charge in [-0.25, -0.2) is 0 Å². The molecule has 0 aliphatic carbocycles. The molecule has 0 unspecified atom stereocenters. The maximum Gasteiger partial charge on any atom is 0.262 e. The Bertz CT molecular complexity index is 1230. The van der Waals surface area contributed by atoms with Crippen LogP contribution in [0.15, 0.2) is 66.7 Å². The van der Waals surface area contributed by atoms with Crippen LogP contribution in [-0.2, 0) is 15.6 Å². The molecule has 0 spiro atoms. The summed E-state index contributed by atoms with van der Waals surface area (Å²) in [5.41, 5.74) is 8.73. The lowest BCUT2D eigenvalue weighted by molar-refractivity contribution is -0.118. The van der Waals surface area contributed by atoms with E-state index in [4.69, 9.17) is 22.1 Å². The molecule has 3 aromatic rings. The van der Waals surface area contributed by atoms with Crippen molar-refractivity contribution < 1.29 is 18.5 Å². The monoisotopic (exact) mass is 497 g/mol. The molecule has 9 heteroatoms. The average Bonchev–Trinajstić information content (AvgIpc) is 2.85. The van der Waals surface area contributed by atoms with Crippen LogP contribution >= 0.6 is 11.6 Å². The van der Waals surface area contributed by atoms with Gasteiger partial charge in [0.2, 0.25) is 0 Å². The summed E-state index contributed by atoms with van der Waals surface area (Å²) in [6, 6.07) is 18.9. The van der Waals surface area contributed by atoms with Crippen LogP contribution in [0.25, 0.3) is 0 Å². The van der Waals surface area contributed by atoms with Crippen LogP contribution in [-0.4, -0.2) is 47.1 Å². The van der Waals surface area contributed by atoms with Gasteiger partial charge in [0.15, 0.2) is 12.4 Å². The van der Waals surface area contributed by atoms with Crippen LogP contribution in [0.4, 0.5) is 17.1 Å². The van der Waals surface area contributed by atoms with Crippen molar-refractivity contribution in [3.63, 3.8) is 0 Å². The lowest BCUT2D eigenvalue weighted by Gasteiger charge is -2.28. The Morgan fingerprint density at radius 1 is 1.03 bits per heavy atom. The third-order valence-corrected chi connectivity index (χ3v) is 6.94. The van der Waals surface area contributed by atoms with Gasteiger partial charge in [0, 0.05) is 51.7 Å². The fraction of sp³-hybridized carbons (Fsp3) is 0.200. The van der Waals surface area contributed by atoms with Crippen LogP contribution in [0, 0.1) is 0 Å². The van der Waals surface area contributed by atoms with E-state index >= 15 is 0 Å². The Hall–Kier alpha value is -3.36. The van der Waals surface area contributed by atoms with E-state index in [0.717, 1.165) is 5.69 Å². The van der Waals surface area contributed by atoms with Crippen molar-refractivity contribution in [1.82, 2.24) is 0 Å². The number of ether oxygens (including phenoxy) is 1. The van der Waals surface area contributed by atoms with E-state index in [0.29, 0.717) is 46.6 Å². The summed E-state index contributed by atoms with van der Waals surface area (Å²) < 4.78 is 17.2. The summed E-state index contributed by atoms with van der Waals surface area (Å²) in [5, 5.41) is 3.13. The van der Waals surface area contributed by atoms with Gasteiger partial charge in [-0.3, -0.25) is 13.8 Å². The lowest BCUT2D eigenvalue weighted by Crippen LogP contribution is -2.37. The molecule has 0 saturated carbocycles. The molecule has 3 N–H and O–H groups in total. The maximum absolute atomic E-state index is 12.9. The van der Waals surface area contributed by atoms with Crippen LogP contribution in [0.5, 0.6) is 5.75 Å². The minimum atomic E-state index is -0.760. The molecule has 0 radical (unpaired) electrons.